The summed E-state index contributed by atoms with van der Waals surface area (Å²) >= 11 is 0. The number of aliphatic carboxylic acids is 1. The lowest BCUT2D eigenvalue weighted by Gasteiger charge is -2.13. The standard InChI is InChI=1S/C12H8F3NO3/c13-12(14,15)9-6-8(7-16)3-4-10(9)19-5-1-2-11(17)18/h1-4,6H,5H2,(H,17,18)/b2-1+. The van der Waals surface area contributed by atoms with E-state index in [1.807, 2.05) is 0 Å². The number of alkyl halides is 3. The van der Waals surface area contributed by atoms with Crippen molar-refractivity contribution in [2.24, 2.45) is 0 Å². The van der Waals surface area contributed by atoms with E-state index in [1.54, 1.807) is 6.07 Å². The van der Waals surface area contributed by atoms with Crippen LogP contribution in [0.25, 0.3) is 0 Å². The number of nitriles is 1. The maximum Gasteiger partial charge on any atom is 0.420 e. The zero-order valence-corrected chi connectivity index (χ0v) is 9.44. The fourth-order valence-electron chi connectivity index (χ4n) is 1.23. The molecule has 0 amide bonds. The summed E-state index contributed by atoms with van der Waals surface area (Å²) in [4.78, 5) is 10.2. The summed E-state index contributed by atoms with van der Waals surface area (Å²) in [5.41, 5.74) is -1.21. The van der Waals surface area contributed by atoms with Gasteiger partial charge in [-0.05, 0) is 24.3 Å². The molecule has 100 valence electrons. The van der Waals surface area contributed by atoms with Gasteiger partial charge in [0, 0.05) is 6.08 Å². The fraction of sp³-hybridized carbons (Fsp3) is 0.167. The number of rotatable bonds is 4. The third-order valence-corrected chi connectivity index (χ3v) is 2.01. The van der Waals surface area contributed by atoms with E-state index in [9.17, 15) is 18.0 Å². The maximum atomic E-state index is 12.7. The lowest BCUT2D eigenvalue weighted by atomic mass is 10.1. The van der Waals surface area contributed by atoms with Crippen LogP contribution in [0.1, 0.15) is 11.1 Å². The Kier molecular flexibility index (Phi) is 4.53. The van der Waals surface area contributed by atoms with Gasteiger partial charge in [-0.15, -0.1) is 0 Å². The molecule has 0 unspecified atom stereocenters. The van der Waals surface area contributed by atoms with Crippen LogP contribution in [-0.2, 0) is 11.0 Å². The zero-order chi connectivity index (χ0) is 14.5. The molecule has 7 heteroatoms. The van der Waals surface area contributed by atoms with E-state index in [1.165, 1.54) is 6.07 Å². The topological polar surface area (TPSA) is 70.3 Å². The van der Waals surface area contributed by atoms with Gasteiger partial charge in [-0.3, -0.25) is 0 Å². The van der Waals surface area contributed by atoms with Crippen LogP contribution in [0.2, 0.25) is 0 Å². The minimum absolute atomic E-state index is 0.138. The van der Waals surface area contributed by atoms with Crippen LogP contribution < -0.4 is 4.74 Å². The van der Waals surface area contributed by atoms with Crippen LogP contribution in [0.3, 0.4) is 0 Å². The molecule has 1 rings (SSSR count). The highest BCUT2D eigenvalue weighted by Gasteiger charge is 2.34. The van der Waals surface area contributed by atoms with E-state index in [0.717, 1.165) is 18.2 Å². The van der Waals surface area contributed by atoms with Crippen molar-refractivity contribution in [3.05, 3.63) is 41.5 Å². The van der Waals surface area contributed by atoms with Crippen molar-refractivity contribution in [3.8, 4) is 11.8 Å². The molecule has 0 heterocycles. The normalized spacial score (nSPS) is 11.3. The molecule has 1 aromatic rings. The number of nitrogens with zero attached hydrogens (tertiary/aromatic N) is 1. The Bertz CT molecular complexity index is 544. The van der Waals surface area contributed by atoms with Gasteiger partial charge in [-0.2, -0.15) is 18.4 Å². The minimum atomic E-state index is -4.65. The van der Waals surface area contributed by atoms with Crippen LogP contribution in [0.15, 0.2) is 30.4 Å². The number of halogens is 3. The molecule has 19 heavy (non-hydrogen) atoms. The average Bonchev–Trinajstić information content (AvgIpc) is 2.33. The molecule has 1 aromatic carbocycles. The van der Waals surface area contributed by atoms with E-state index in [4.69, 9.17) is 15.1 Å². The predicted molar refractivity (Wildman–Crippen MR) is 58.4 cm³/mol. The molecule has 0 aliphatic carbocycles. The number of carboxylic acid groups (broad SMARTS) is 1. The summed E-state index contributed by atoms with van der Waals surface area (Å²) in [7, 11) is 0. The summed E-state index contributed by atoms with van der Waals surface area (Å²) < 4.78 is 42.9. The molecule has 0 aromatic heterocycles. The summed E-state index contributed by atoms with van der Waals surface area (Å²) in [6, 6.07) is 4.49. The second-order valence-corrected chi connectivity index (χ2v) is 3.37. The molecule has 4 nitrogen and oxygen atoms in total. The number of carboxylic acids is 1. The van der Waals surface area contributed by atoms with Crippen LogP contribution in [-0.4, -0.2) is 17.7 Å². The van der Waals surface area contributed by atoms with Crippen LogP contribution in [0, 0.1) is 11.3 Å². The van der Waals surface area contributed by atoms with Gasteiger partial charge in [0.15, 0.2) is 0 Å². The second-order valence-electron chi connectivity index (χ2n) is 3.37. The predicted octanol–water partition coefficient (Wildman–Crippen LogP) is 2.60. The molecule has 0 saturated heterocycles. The third kappa shape index (κ3) is 4.35. The Labute approximate surface area is 106 Å². The van der Waals surface area contributed by atoms with Crippen molar-refractivity contribution in [3.63, 3.8) is 0 Å². The largest absolute Gasteiger partial charge is 0.489 e. The van der Waals surface area contributed by atoms with Crippen molar-refractivity contribution in [1.82, 2.24) is 0 Å². The van der Waals surface area contributed by atoms with Gasteiger partial charge >= 0.3 is 12.1 Å². The Morgan fingerprint density at radius 1 is 1.47 bits per heavy atom. The maximum absolute atomic E-state index is 12.7. The Morgan fingerprint density at radius 3 is 2.68 bits per heavy atom. The molecule has 0 spiro atoms. The first-order valence-corrected chi connectivity index (χ1v) is 4.98. The van der Waals surface area contributed by atoms with E-state index in [-0.39, 0.29) is 12.2 Å². The first-order chi connectivity index (χ1) is 8.84. The van der Waals surface area contributed by atoms with Crippen molar-refractivity contribution < 1.29 is 27.8 Å². The second kappa shape index (κ2) is 5.91. The van der Waals surface area contributed by atoms with Crippen molar-refractivity contribution in [2.45, 2.75) is 6.18 Å². The Morgan fingerprint density at radius 2 is 2.16 bits per heavy atom. The minimum Gasteiger partial charge on any atom is -0.489 e. The molecular weight excluding hydrogens is 263 g/mol. The summed E-state index contributed by atoms with van der Waals surface area (Å²) in [6.07, 6.45) is -2.82. The lowest BCUT2D eigenvalue weighted by Crippen LogP contribution is -2.09. The number of hydrogen-bond acceptors (Lipinski definition) is 3. The molecule has 0 aliphatic heterocycles. The molecule has 0 saturated carbocycles. The summed E-state index contributed by atoms with van der Waals surface area (Å²) in [5, 5.41) is 16.9. The van der Waals surface area contributed by atoms with Crippen LogP contribution in [0.4, 0.5) is 13.2 Å². The number of hydrogen-bond donors (Lipinski definition) is 1. The molecule has 0 aliphatic rings. The highest BCUT2D eigenvalue weighted by atomic mass is 19.4. The molecule has 0 radical (unpaired) electrons. The van der Waals surface area contributed by atoms with Crippen molar-refractivity contribution in [1.29, 1.82) is 5.26 Å². The molecule has 0 bridgehead atoms. The van der Waals surface area contributed by atoms with Crippen LogP contribution in [0.5, 0.6) is 5.75 Å². The number of ether oxygens (including phenoxy) is 1. The Hall–Kier alpha value is -2.49. The average molecular weight is 271 g/mol. The number of benzene rings is 1. The summed E-state index contributed by atoms with van der Waals surface area (Å²) in [5.74, 6) is -1.68. The van der Waals surface area contributed by atoms with Crippen molar-refractivity contribution in [2.75, 3.05) is 6.61 Å². The molecule has 1 N–H and O–H groups in total. The fourth-order valence-corrected chi connectivity index (χ4v) is 1.23. The van der Waals surface area contributed by atoms with E-state index < -0.39 is 23.5 Å². The van der Waals surface area contributed by atoms with Gasteiger partial charge in [0.2, 0.25) is 0 Å². The van der Waals surface area contributed by atoms with E-state index in [2.05, 4.69) is 0 Å². The smallest absolute Gasteiger partial charge is 0.420 e. The molecular formula is C12H8F3NO3. The van der Waals surface area contributed by atoms with Crippen molar-refractivity contribution >= 4 is 5.97 Å². The first kappa shape index (κ1) is 14.6. The molecule has 0 atom stereocenters. The summed E-state index contributed by atoms with van der Waals surface area (Å²) in [6.45, 7) is -0.318. The van der Waals surface area contributed by atoms with Crippen LogP contribution >= 0.6 is 0 Å². The third-order valence-electron chi connectivity index (χ3n) is 2.01. The Balaban J connectivity index is 2.95. The van der Waals surface area contributed by atoms with E-state index in [0.29, 0.717) is 6.07 Å². The molecule has 0 fully saturated rings. The quantitative estimate of drug-likeness (QED) is 0.854. The van der Waals surface area contributed by atoms with Gasteiger partial charge in [-0.1, -0.05) is 0 Å². The van der Waals surface area contributed by atoms with Gasteiger partial charge in [0.05, 0.1) is 17.2 Å². The monoisotopic (exact) mass is 271 g/mol. The number of carbonyl (C=O) groups is 1. The van der Waals surface area contributed by atoms with E-state index >= 15 is 0 Å². The SMILES string of the molecule is N#Cc1ccc(OC/C=C/C(=O)O)c(C(F)(F)F)c1. The highest BCUT2D eigenvalue weighted by Crippen LogP contribution is 2.36. The zero-order valence-electron chi connectivity index (χ0n) is 9.44. The van der Waals surface area contributed by atoms with Gasteiger partial charge < -0.3 is 9.84 Å². The highest BCUT2D eigenvalue weighted by molar-refractivity contribution is 5.79. The van der Waals surface area contributed by atoms with Gasteiger partial charge in [0.25, 0.3) is 0 Å². The lowest BCUT2D eigenvalue weighted by molar-refractivity contribution is -0.139. The van der Waals surface area contributed by atoms with Gasteiger partial charge in [0.1, 0.15) is 12.4 Å². The first-order valence-electron chi connectivity index (χ1n) is 4.98. The van der Waals surface area contributed by atoms with Gasteiger partial charge in [-0.25, -0.2) is 4.79 Å².